The van der Waals surface area contributed by atoms with Gasteiger partial charge in [-0.2, -0.15) is 0 Å². The Morgan fingerprint density at radius 1 is 1.35 bits per heavy atom. The van der Waals surface area contributed by atoms with E-state index in [1.165, 1.54) is 18.4 Å². The molecule has 0 saturated heterocycles. The van der Waals surface area contributed by atoms with Crippen molar-refractivity contribution in [1.82, 2.24) is 5.43 Å². The van der Waals surface area contributed by atoms with Gasteiger partial charge in [-0.1, -0.05) is 41.4 Å². The molecule has 2 nitrogen and oxygen atoms in total. The Labute approximate surface area is 108 Å². The van der Waals surface area contributed by atoms with E-state index >= 15 is 0 Å². The van der Waals surface area contributed by atoms with E-state index in [1.807, 2.05) is 19.1 Å². The van der Waals surface area contributed by atoms with E-state index in [-0.39, 0.29) is 6.04 Å². The van der Waals surface area contributed by atoms with Crippen molar-refractivity contribution in [3.05, 3.63) is 46.0 Å². The van der Waals surface area contributed by atoms with Crippen LogP contribution in [0.5, 0.6) is 0 Å². The summed E-state index contributed by atoms with van der Waals surface area (Å²) in [5.74, 6) is 5.71. The van der Waals surface area contributed by atoms with E-state index in [0.717, 1.165) is 29.0 Å². The highest BCUT2D eigenvalue weighted by molar-refractivity contribution is 6.32. The van der Waals surface area contributed by atoms with Gasteiger partial charge >= 0.3 is 0 Å². The monoisotopic (exact) mass is 250 g/mol. The zero-order valence-corrected chi connectivity index (χ0v) is 10.9. The molecule has 1 aromatic rings. The predicted molar refractivity (Wildman–Crippen MR) is 72.8 cm³/mol. The number of aryl methyl sites for hydroxylation is 1. The summed E-state index contributed by atoms with van der Waals surface area (Å²) < 4.78 is 0. The van der Waals surface area contributed by atoms with Crippen molar-refractivity contribution in [1.29, 1.82) is 0 Å². The van der Waals surface area contributed by atoms with Crippen LogP contribution in [-0.4, -0.2) is 0 Å². The number of nitrogens with two attached hydrogens (primary N) is 1. The fraction of sp³-hybridized carbons (Fsp3) is 0.429. The second kappa shape index (κ2) is 5.67. The molecule has 1 aliphatic rings. The van der Waals surface area contributed by atoms with Crippen molar-refractivity contribution >= 4 is 11.6 Å². The molecule has 0 saturated carbocycles. The third kappa shape index (κ3) is 2.71. The summed E-state index contributed by atoms with van der Waals surface area (Å²) in [6, 6.07) is 6.16. The number of allylic oxidation sites excluding steroid dienone is 1. The zero-order valence-electron chi connectivity index (χ0n) is 10.2. The number of nitrogens with one attached hydrogen (secondary N) is 1. The fourth-order valence-electron chi connectivity index (χ4n) is 2.41. The molecule has 0 amide bonds. The molecule has 0 heterocycles. The maximum absolute atomic E-state index is 6.36. The Balaban J connectivity index is 2.34. The van der Waals surface area contributed by atoms with Crippen LogP contribution in [0.25, 0.3) is 0 Å². The molecule has 0 spiro atoms. The van der Waals surface area contributed by atoms with Crippen LogP contribution in [0.3, 0.4) is 0 Å². The smallest absolute Gasteiger partial charge is 0.0684 e. The van der Waals surface area contributed by atoms with E-state index in [4.69, 9.17) is 17.4 Å². The van der Waals surface area contributed by atoms with Gasteiger partial charge in [-0.15, -0.1) is 0 Å². The highest BCUT2D eigenvalue weighted by Crippen LogP contribution is 2.34. The van der Waals surface area contributed by atoms with Gasteiger partial charge in [0.1, 0.15) is 0 Å². The normalized spacial score (nSPS) is 17.7. The van der Waals surface area contributed by atoms with Crippen molar-refractivity contribution in [2.24, 2.45) is 5.84 Å². The van der Waals surface area contributed by atoms with Gasteiger partial charge in [-0.25, -0.2) is 5.43 Å². The lowest BCUT2D eigenvalue weighted by Gasteiger charge is -2.24. The number of benzene rings is 1. The molecule has 2 rings (SSSR count). The molecule has 17 heavy (non-hydrogen) atoms. The van der Waals surface area contributed by atoms with E-state index in [1.54, 1.807) is 0 Å². The van der Waals surface area contributed by atoms with E-state index in [2.05, 4.69) is 17.6 Å². The Bertz CT molecular complexity index is 426. The molecule has 0 bridgehead atoms. The molecule has 0 radical (unpaired) electrons. The minimum absolute atomic E-state index is 0.0581. The van der Waals surface area contributed by atoms with E-state index in [9.17, 15) is 0 Å². The lowest BCUT2D eigenvalue weighted by atomic mass is 9.89. The second-order valence-electron chi connectivity index (χ2n) is 4.60. The van der Waals surface area contributed by atoms with Crippen LogP contribution in [-0.2, 0) is 0 Å². The molecular formula is C14H19ClN2. The van der Waals surface area contributed by atoms with Gasteiger partial charge in [0.25, 0.3) is 0 Å². The lowest BCUT2D eigenvalue weighted by Crippen LogP contribution is -2.30. The predicted octanol–water partition coefficient (Wildman–Crippen LogP) is 3.65. The minimum atomic E-state index is 0.0581. The molecule has 0 aromatic heterocycles. The highest BCUT2D eigenvalue weighted by atomic mass is 35.5. The summed E-state index contributed by atoms with van der Waals surface area (Å²) in [5, 5.41) is 0.821. The standard InChI is InChI=1S/C14H19ClN2/c1-10-6-5-9-12(13(10)15)14(17-16)11-7-3-2-4-8-11/h5-7,9,14,17H,2-4,8,16H2,1H3. The first kappa shape index (κ1) is 12.6. The fourth-order valence-corrected chi connectivity index (χ4v) is 2.65. The van der Waals surface area contributed by atoms with Crippen LogP contribution in [0, 0.1) is 6.92 Å². The average molecular weight is 251 g/mol. The Hall–Kier alpha value is -0.830. The van der Waals surface area contributed by atoms with Crippen LogP contribution in [0.4, 0.5) is 0 Å². The number of hydrogen-bond donors (Lipinski definition) is 2. The van der Waals surface area contributed by atoms with Crippen LogP contribution in [0.2, 0.25) is 5.02 Å². The topological polar surface area (TPSA) is 38.0 Å². The molecule has 3 N–H and O–H groups in total. The number of halogens is 1. The first-order valence-electron chi connectivity index (χ1n) is 6.14. The maximum Gasteiger partial charge on any atom is 0.0684 e. The molecule has 1 aromatic carbocycles. The number of rotatable bonds is 3. The summed E-state index contributed by atoms with van der Waals surface area (Å²) in [5.41, 5.74) is 6.45. The van der Waals surface area contributed by atoms with Crippen molar-refractivity contribution in [3.63, 3.8) is 0 Å². The Kier molecular flexibility index (Phi) is 4.21. The van der Waals surface area contributed by atoms with Crippen LogP contribution < -0.4 is 11.3 Å². The van der Waals surface area contributed by atoms with Crippen LogP contribution in [0.15, 0.2) is 29.8 Å². The van der Waals surface area contributed by atoms with Gasteiger partial charge in [0, 0.05) is 5.02 Å². The average Bonchev–Trinajstić information content (AvgIpc) is 2.37. The molecule has 1 atom stereocenters. The summed E-state index contributed by atoms with van der Waals surface area (Å²) in [6.07, 6.45) is 7.08. The number of hydrazine groups is 1. The van der Waals surface area contributed by atoms with Gasteiger partial charge in [-0.05, 0) is 43.7 Å². The molecule has 0 aliphatic heterocycles. The second-order valence-corrected chi connectivity index (χ2v) is 4.98. The molecule has 92 valence electrons. The first-order valence-corrected chi connectivity index (χ1v) is 6.52. The molecule has 1 aliphatic carbocycles. The van der Waals surface area contributed by atoms with Crippen molar-refractivity contribution in [2.75, 3.05) is 0 Å². The molecule has 1 unspecified atom stereocenters. The highest BCUT2D eigenvalue weighted by Gasteiger charge is 2.19. The van der Waals surface area contributed by atoms with Crippen molar-refractivity contribution in [2.45, 2.75) is 38.6 Å². The van der Waals surface area contributed by atoms with Gasteiger partial charge < -0.3 is 0 Å². The molecular weight excluding hydrogens is 232 g/mol. The third-order valence-electron chi connectivity index (χ3n) is 3.40. The quantitative estimate of drug-likeness (QED) is 0.488. The third-order valence-corrected chi connectivity index (χ3v) is 3.91. The Morgan fingerprint density at radius 3 is 2.82 bits per heavy atom. The largest absolute Gasteiger partial charge is 0.271 e. The van der Waals surface area contributed by atoms with E-state index in [0.29, 0.717) is 0 Å². The molecule has 0 fully saturated rings. The minimum Gasteiger partial charge on any atom is -0.271 e. The van der Waals surface area contributed by atoms with Gasteiger partial charge in [-0.3, -0.25) is 5.84 Å². The van der Waals surface area contributed by atoms with Crippen LogP contribution >= 0.6 is 11.6 Å². The van der Waals surface area contributed by atoms with Crippen molar-refractivity contribution in [3.8, 4) is 0 Å². The van der Waals surface area contributed by atoms with E-state index < -0.39 is 0 Å². The summed E-state index contributed by atoms with van der Waals surface area (Å²) >= 11 is 6.36. The zero-order chi connectivity index (χ0) is 12.3. The van der Waals surface area contributed by atoms with Crippen molar-refractivity contribution < 1.29 is 0 Å². The summed E-state index contributed by atoms with van der Waals surface area (Å²) in [4.78, 5) is 0. The van der Waals surface area contributed by atoms with Crippen LogP contribution in [0.1, 0.15) is 42.9 Å². The lowest BCUT2D eigenvalue weighted by molar-refractivity contribution is 0.566. The van der Waals surface area contributed by atoms with Gasteiger partial charge in [0.15, 0.2) is 0 Å². The summed E-state index contributed by atoms with van der Waals surface area (Å²) in [6.45, 7) is 2.02. The number of hydrogen-bond acceptors (Lipinski definition) is 2. The summed E-state index contributed by atoms with van der Waals surface area (Å²) in [7, 11) is 0. The van der Waals surface area contributed by atoms with Gasteiger partial charge in [0.2, 0.25) is 0 Å². The molecule has 3 heteroatoms. The van der Waals surface area contributed by atoms with Gasteiger partial charge in [0.05, 0.1) is 6.04 Å². The maximum atomic E-state index is 6.36. The SMILES string of the molecule is Cc1cccc(C(NN)C2=CCCCC2)c1Cl. The Morgan fingerprint density at radius 2 is 2.18 bits per heavy atom. The first-order chi connectivity index (χ1) is 8.24.